The summed E-state index contributed by atoms with van der Waals surface area (Å²) >= 11 is 0. The number of carbonyl (C=O) groups excluding carboxylic acids is 1. The number of rotatable bonds is 4. The lowest BCUT2D eigenvalue weighted by molar-refractivity contribution is 0.176. The first-order valence-corrected chi connectivity index (χ1v) is 9.02. The van der Waals surface area contributed by atoms with Gasteiger partial charge in [0.15, 0.2) is 5.82 Å². The van der Waals surface area contributed by atoms with E-state index in [1.54, 1.807) is 15.8 Å². The van der Waals surface area contributed by atoms with Crippen LogP contribution < -0.4 is 10.0 Å². The van der Waals surface area contributed by atoms with Gasteiger partial charge in [-0.2, -0.15) is 0 Å². The van der Waals surface area contributed by atoms with Gasteiger partial charge in [0.2, 0.25) is 10.0 Å². The smallest absolute Gasteiger partial charge is 0.317 e. The molecule has 0 unspecified atom stereocenters. The van der Waals surface area contributed by atoms with Gasteiger partial charge >= 0.3 is 6.03 Å². The van der Waals surface area contributed by atoms with Crippen molar-refractivity contribution in [2.24, 2.45) is 7.05 Å². The summed E-state index contributed by atoms with van der Waals surface area (Å²) in [5.74, 6) is 0.682. The highest BCUT2D eigenvalue weighted by Gasteiger charge is 2.26. The van der Waals surface area contributed by atoms with E-state index in [1.165, 1.54) is 0 Å². The summed E-state index contributed by atoms with van der Waals surface area (Å²) in [6.45, 7) is 2.88. The van der Waals surface area contributed by atoms with Gasteiger partial charge in [0.1, 0.15) is 6.33 Å². The maximum Gasteiger partial charge on any atom is 0.317 e. The van der Waals surface area contributed by atoms with Crippen molar-refractivity contribution in [2.75, 3.05) is 19.3 Å². The van der Waals surface area contributed by atoms with Gasteiger partial charge in [-0.05, 0) is 19.8 Å². The van der Waals surface area contributed by atoms with Gasteiger partial charge in [0, 0.05) is 26.2 Å². The lowest BCUT2D eigenvalue weighted by Gasteiger charge is -2.32. The zero-order valence-corrected chi connectivity index (χ0v) is 13.8. The molecular weight excluding hydrogens is 308 g/mol. The van der Waals surface area contributed by atoms with E-state index in [2.05, 4.69) is 20.2 Å². The van der Waals surface area contributed by atoms with Gasteiger partial charge < -0.3 is 14.8 Å². The third-order valence-electron chi connectivity index (χ3n) is 3.64. The minimum Gasteiger partial charge on any atom is -0.328 e. The second-order valence-electron chi connectivity index (χ2n) is 5.62. The number of urea groups is 1. The van der Waals surface area contributed by atoms with Crippen LogP contribution in [0.4, 0.5) is 4.79 Å². The number of piperidine rings is 1. The number of nitrogens with zero attached hydrogens (tertiary/aromatic N) is 4. The van der Waals surface area contributed by atoms with Gasteiger partial charge in [0.05, 0.1) is 12.3 Å². The fraction of sp³-hybridized carbons (Fsp3) is 0.750. The van der Waals surface area contributed by atoms with Crippen LogP contribution >= 0.6 is 0 Å². The molecule has 2 heterocycles. The maximum atomic E-state index is 12.2. The summed E-state index contributed by atoms with van der Waals surface area (Å²) in [7, 11) is -1.38. The summed E-state index contributed by atoms with van der Waals surface area (Å²) < 4.78 is 26.7. The third-order valence-corrected chi connectivity index (χ3v) is 4.40. The number of amides is 2. The molecule has 1 saturated heterocycles. The Kier molecular flexibility index (Phi) is 5.01. The Morgan fingerprint density at radius 2 is 2.05 bits per heavy atom. The Labute approximate surface area is 130 Å². The number of aryl methyl sites for hydroxylation is 1. The number of aromatic nitrogens is 3. The molecule has 1 aromatic heterocycles. The van der Waals surface area contributed by atoms with Crippen LogP contribution in [0.1, 0.15) is 31.6 Å². The molecule has 0 saturated carbocycles. The first-order chi connectivity index (χ1) is 10.3. The summed E-state index contributed by atoms with van der Waals surface area (Å²) in [5, 5.41) is 10.6. The number of likely N-dealkylation sites (tertiary alicyclic amines) is 1. The molecular formula is C12H22N6O3S. The zero-order chi connectivity index (χ0) is 16.3. The molecule has 1 aliphatic heterocycles. The summed E-state index contributed by atoms with van der Waals surface area (Å²) in [6.07, 6.45) is 3.95. The van der Waals surface area contributed by atoms with Crippen LogP contribution in [0.15, 0.2) is 6.33 Å². The van der Waals surface area contributed by atoms with E-state index >= 15 is 0 Å². The van der Waals surface area contributed by atoms with Crippen LogP contribution in [0.5, 0.6) is 0 Å². The minimum atomic E-state index is -3.20. The van der Waals surface area contributed by atoms with E-state index in [9.17, 15) is 13.2 Å². The van der Waals surface area contributed by atoms with Crippen molar-refractivity contribution in [3.05, 3.63) is 12.2 Å². The zero-order valence-electron chi connectivity index (χ0n) is 13.0. The number of sulfonamides is 1. The van der Waals surface area contributed by atoms with E-state index in [0.717, 1.165) is 6.26 Å². The van der Waals surface area contributed by atoms with Crippen molar-refractivity contribution in [1.82, 2.24) is 29.7 Å². The molecule has 2 rings (SSSR count). The quantitative estimate of drug-likeness (QED) is 0.781. The monoisotopic (exact) mass is 330 g/mol. The van der Waals surface area contributed by atoms with E-state index in [0.29, 0.717) is 31.8 Å². The van der Waals surface area contributed by atoms with Crippen molar-refractivity contribution in [1.29, 1.82) is 0 Å². The van der Waals surface area contributed by atoms with Gasteiger partial charge in [-0.1, -0.05) is 0 Å². The standard InChI is InChI=1S/C12H22N6O3S/c1-9(11-15-13-8-17(11)2)14-12(19)18-6-4-10(5-7-18)16-22(3,20)21/h8-10,16H,4-7H2,1-3H3,(H,14,19)/t9-/m1/s1. The van der Waals surface area contributed by atoms with Gasteiger partial charge in [-0.15, -0.1) is 10.2 Å². The van der Waals surface area contributed by atoms with Gasteiger partial charge in [-0.25, -0.2) is 17.9 Å². The molecule has 10 heteroatoms. The molecule has 1 atom stereocenters. The first-order valence-electron chi connectivity index (χ1n) is 7.13. The molecule has 9 nitrogen and oxygen atoms in total. The maximum absolute atomic E-state index is 12.2. The normalized spacial score (nSPS) is 18.2. The fourth-order valence-corrected chi connectivity index (χ4v) is 3.37. The topological polar surface area (TPSA) is 109 Å². The van der Waals surface area contributed by atoms with Crippen LogP contribution in [-0.4, -0.2) is 59.5 Å². The van der Waals surface area contributed by atoms with Crippen molar-refractivity contribution in [3.63, 3.8) is 0 Å². The molecule has 124 valence electrons. The highest BCUT2D eigenvalue weighted by Crippen LogP contribution is 2.13. The largest absolute Gasteiger partial charge is 0.328 e. The van der Waals surface area contributed by atoms with E-state index in [4.69, 9.17) is 0 Å². The van der Waals surface area contributed by atoms with Crippen molar-refractivity contribution in [2.45, 2.75) is 31.8 Å². The number of nitrogens with one attached hydrogen (secondary N) is 2. The van der Waals surface area contributed by atoms with Crippen LogP contribution in [0.2, 0.25) is 0 Å². The minimum absolute atomic E-state index is 0.102. The third kappa shape index (κ3) is 4.41. The Balaban J connectivity index is 1.84. The molecule has 2 N–H and O–H groups in total. The average molecular weight is 330 g/mol. The summed E-state index contributed by atoms with van der Waals surface area (Å²) in [5.41, 5.74) is 0. The fourth-order valence-electron chi connectivity index (χ4n) is 2.53. The molecule has 1 aliphatic rings. The molecule has 0 aliphatic carbocycles. The second-order valence-corrected chi connectivity index (χ2v) is 7.40. The Bertz CT molecular complexity index is 621. The Hall–Kier alpha value is -1.68. The number of hydrogen-bond acceptors (Lipinski definition) is 5. The van der Waals surface area contributed by atoms with Gasteiger partial charge in [0.25, 0.3) is 0 Å². The molecule has 0 bridgehead atoms. The van der Waals surface area contributed by atoms with Crippen LogP contribution in [0.3, 0.4) is 0 Å². The lowest BCUT2D eigenvalue weighted by Crippen LogP contribution is -2.49. The Morgan fingerprint density at radius 1 is 1.41 bits per heavy atom. The summed E-state index contributed by atoms with van der Waals surface area (Å²) in [4.78, 5) is 13.9. The highest BCUT2D eigenvalue weighted by molar-refractivity contribution is 7.88. The molecule has 0 spiro atoms. The average Bonchev–Trinajstić information content (AvgIpc) is 2.84. The van der Waals surface area contributed by atoms with Crippen LogP contribution in [0, 0.1) is 0 Å². The van der Waals surface area contributed by atoms with E-state index < -0.39 is 10.0 Å². The van der Waals surface area contributed by atoms with Crippen LogP contribution in [-0.2, 0) is 17.1 Å². The highest BCUT2D eigenvalue weighted by atomic mass is 32.2. The molecule has 1 fully saturated rings. The van der Waals surface area contributed by atoms with Crippen LogP contribution in [0.25, 0.3) is 0 Å². The molecule has 0 radical (unpaired) electrons. The molecule has 1 aromatic rings. The number of carbonyl (C=O) groups is 1. The van der Waals surface area contributed by atoms with Crippen molar-refractivity contribution >= 4 is 16.1 Å². The van der Waals surface area contributed by atoms with Gasteiger partial charge in [-0.3, -0.25) is 0 Å². The number of hydrogen-bond donors (Lipinski definition) is 2. The predicted octanol–water partition coefficient (Wildman–Crippen LogP) is -0.401. The predicted molar refractivity (Wildman–Crippen MR) is 80.5 cm³/mol. The van der Waals surface area contributed by atoms with Crippen molar-refractivity contribution in [3.8, 4) is 0 Å². The SMILES string of the molecule is C[C@@H](NC(=O)N1CCC(NS(C)(=O)=O)CC1)c1nncn1C. The molecule has 0 aromatic carbocycles. The van der Waals surface area contributed by atoms with E-state index in [1.807, 2.05) is 14.0 Å². The van der Waals surface area contributed by atoms with Crippen molar-refractivity contribution < 1.29 is 13.2 Å². The second kappa shape index (κ2) is 6.61. The van der Waals surface area contributed by atoms with E-state index in [-0.39, 0.29) is 18.1 Å². The Morgan fingerprint density at radius 3 is 2.55 bits per heavy atom. The lowest BCUT2D eigenvalue weighted by atomic mass is 10.1. The molecule has 22 heavy (non-hydrogen) atoms. The first kappa shape index (κ1) is 16.7. The molecule has 2 amide bonds. The summed E-state index contributed by atoms with van der Waals surface area (Å²) in [6, 6.07) is -0.518.